The van der Waals surface area contributed by atoms with E-state index in [-0.39, 0.29) is 23.1 Å². The molecule has 2 N–H and O–H groups in total. The number of hydrogen-bond donors (Lipinski definition) is 2. The molecule has 0 spiro atoms. The van der Waals surface area contributed by atoms with E-state index in [1.165, 1.54) is 116 Å². The van der Waals surface area contributed by atoms with Crippen molar-refractivity contribution in [1.82, 2.24) is 9.97 Å². The van der Waals surface area contributed by atoms with Crippen LogP contribution in [0.4, 0.5) is 0 Å². The summed E-state index contributed by atoms with van der Waals surface area (Å²) in [7, 11) is 0. The van der Waals surface area contributed by atoms with Crippen molar-refractivity contribution in [2.24, 2.45) is 0 Å². The number of fused-ring (bicyclic) bond motifs is 4. The van der Waals surface area contributed by atoms with Crippen LogP contribution in [0.5, 0.6) is 11.5 Å². The highest BCUT2D eigenvalue weighted by atomic mass is 16.5. The molecule has 0 saturated heterocycles. The molecular weight excluding hydrogens is 825 g/mol. The number of aryl methyl sites for hydroxylation is 2. The van der Waals surface area contributed by atoms with Crippen molar-refractivity contribution in [2.45, 2.75) is 189 Å². The van der Waals surface area contributed by atoms with Gasteiger partial charge < -0.3 is 19.4 Å². The lowest BCUT2D eigenvalue weighted by Gasteiger charge is -2.25. The molecule has 2 aromatic heterocycles. The Kier molecular flexibility index (Phi) is 18.2. The molecule has 0 aliphatic heterocycles. The van der Waals surface area contributed by atoms with Crippen LogP contribution in [0, 0.1) is 0 Å². The Labute approximate surface area is 401 Å². The summed E-state index contributed by atoms with van der Waals surface area (Å²) in [5, 5.41) is 0. The fourth-order valence-corrected chi connectivity index (χ4v) is 11.2. The number of rotatable bonds is 10. The molecule has 1 fully saturated rings. The summed E-state index contributed by atoms with van der Waals surface area (Å²) in [5.74, 6) is 1.37. The highest BCUT2D eigenvalue weighted by Gasteiger charge is 2.26. The maximum atomic E-state index is 14.7. The van der Waals surface area contributed by atoms with Crippen molar-refractivity contribution in [3.8, 4) is 44.9 Å². The molecule has 2 heterocycles. The number of aromatic amines is 2. The predicted molar refractivity (Wildman–Crippen MR) is 282 cm³/mol. The van der Waals surface area contributed by atoms with E-state index >= 15 is 0 Å². The van der Waals surface area contributed by atoms with Gasteiger partial charge in [-0.1, -0.05) is 107 Å². The number of nitrogens with one attached hydrogen (secondary N) is 2. The van der Waals surface area contributed by atoms with Gasteiger partial charge in [-0.15, -0.1) is 0 Å². The Hall–Kier alpha value is -5.36. The Morgan fingerprint density at radius 3 is 1.64 bits per heavy atom. The van der Waals surface area contributed by atoms with Crippen molar-refractivity contribution in [1.29, 1.82) is 0 Å². The highest BCUT2D eigenvalue weighted by molar-refractivity contribution is 5.80. The van der Waals surface area contributed by atoms with Crippen LogP contribution in [-0.2, 0) is 25.7 Å². The average molecular weight is 903 g/mol. The van der Waals surface area contributed by atoms with Gasteiger partial charge in [0.15, 0.2) is 10.9 Å². The summed E-state index contributed by atoms with van der Waals surface area (Å²) in [6.07, 6.45) is 33.1. The SMILES string of the molecule is CC.CC.CC(C[C@@H](C)Oc1ccccc1-c1c[nH]cc(/C2=C3\CCCC/C(=C/CCCCCC2)C3)c1=O)Oc1ccccc1-c1c[nH]cc(-c2c3c(cc4c2CCCC4)CCCCC3)c1=O. The van der Waals surface area contributed by atoms with Gasteiger partial charge in [0.1, 0.15) is 11.5 Å². The van der Waals surface area contributed by atoms with Crippen LogP contribution in [0.3, 0.4) is 0 Å². The lowest BCUT2D eigenvalue weighted by atomic mass is 9.80. The van der Waals surface area contributed by atoms with Gasteiger partial charge in [0.2, 0.25) is 0 Å². The van der Waals surface area contributed by atoms with Crippen molar-refractivity contribution < 1.29 is 9.47 Å². The number of allylic oxidation sites excluding steroid dienone is 4. The van der Waals surface area contributed by atoms with E-state index in [4.69, 9.17) is 9.47 Å². The first kappa shape index (κ1) is 49.5. The van der Waals surface area contributed by atoms with Crippen molar-refractivity contribution in [2.75, 3.05) is 0 Å². The van der Waals surface area contributed by atoms with Crippen LogP contribution in [0.2, 0.25) is 0 Å². The molecule has 4 aliphatic carbocycles. The highest BCUT2D eigenvalue weighted by Crippen LogP contribution is 2.40. The number of aromatic nitrogens is 2. The Morgan fingerprint density at radius 1 is 0.507 bits per heavy atom. The minimum absolute atomic E-state index is 0.0546. The minimum Gasteiger partial charge on any atom is -0.490 e. The van der Waals surface area contributed by atoms with E-state index < -0.39 is 0 Å². The molecule has 1 unspecified atom stereocenters. The fraction of sp³-hybridized carbons (Fsp3) is 0.475. The van der Waals surface area contributed by atoms with E-state index in [1.807, 2.05) is 101 Å². The molecule has 0 amide bonds. The predicted octanol–water partition coefficient (Wildman–Crippen LogP) is 15.9. The molecule has 67 heavy (non-hydrogen) atoms. The number of ether oxygens (including phenoxy) is 2. The normalized spacial score (nSPS) is 19.0. The topological polar surface area (TPSA) is 84.2 Å². The number of pyridine rings is 2. The molecule has 3 aromatic carbocycles. The molecule has 6 heteroatoms. The summed E-state index contributed by atoms with van der Waals surface area (Å²) in [6.45, 7) is 12.1. The lowest BCUT2D eigenvalue weighted by molar-refractivity contribution is 0.131. The average Bonchev–Trinajstić information content (AvgIpc) is 3.76. The fourth-order valence-electron chi connectivity index (χ4n) is 11.2. The molecule has 6 nitrogen and oxygen atoms in total. The summed E-state index contributed by atoms with van der Waals surface area (Å²) < 4.78 is 13.4. The van der Waals surface area contributed by atoms with E-state index in [9.17, 15) is 9.59 Å². The lowest BCUT2D eigenvalue weighted by Crippen LogP contribution is -2.23. The quantitative estimate of drug-likeness (QED) is 0.108. The number of hydrogen-bond acceptors (Lipinski definition) is 4. The molecule has 1 saturated carbocycles. The number of benzene rings is 3. The monoisotopic (exact) mass is 903 g/mol. The van der Waals surface area contributed by atoms with Gasteiger partial charge in [-0.25, -0.2) is 0 Å². The summed E-state index contributed by atoms with van der Waals surface area (Å²) in [6, 6.07) is 18.3. The first-order valence-corrected chi connectivity index (χ1v) is 26.4. The van der Waals surface area contributed by atoms with Gasteiger partial charge in [0.25, 0.3) is 0 Å². The van der Waals surface area contributed by atoms with E-state index in [2.05, 4.69) is 36.0 Å². The van der Waals surface area contributed by atoms with Crippen LogP contribution in [-0.4, -0.2) is 22.2 Å². The second-order valence-electron chi connectivity index (χ2n) is 18.9. The van der Waals surface area contributed by atoms with Gasteiger partial charge in [-0.05, 0) is 169 Å². The minimum atomic E-state index is -0.219. The zero-order chi connectivity index (χ0) is 47.1. The van der Waals surface area contributed by atoms with Gasteiger partial charge in [-0.3, -0.25) is 9.59 Å². The van der Waals surface area contributed by atoms with Crippen molar-refractivity contribution in [3.05, 3.63) is 145 Å². The smallest absolute Gasteiger partial charge is 0.197 e. The summed E-state index contributed by atoms with van der Waals surface area (Å²) >= 11 is 0. The summed E-state index contributed by atoms with van der Waals surface area (Å²) in [4.78, 5) is 36.1. The Balaban J connectivity index is 0.00000162. The molecule has 9 rings (SSSR count). The largest absolute Gasteiger partial charge is 0.490 e. The molecule has 2 bridgehead atoms. The first-order chi connectivity index (χ1) is 32.9. The first-order valence-electron chi connectivity index (χ1n) is 26.4. The van der Waals surface area contributed by atoms with E-state index in [1.54, 1.807) is 5.57 Å². The van der Waals surface area contributed by atoms with Gasteiger partial charge in [-0.2, -0.15) is 0 Å². The van der Waals surface area contributed by atoms with Gasteiger partial charge in [0.05, 0.1) is 12.2 Å². The Bertz CT molecular complexity index is 2610. The molecule has 2 atom stereocenters. The van der Waals surface area contributed by atoms with Crippen molar-refractivity contribution in [3.63, 3.8) is 0 Å². The maximum Gasteiger partial charge on any atom is 0.197 e. The number of para-hydroxylation sites is 2. The number of H-pyrrole nitrogens is 2. The van der Waals surface area contributed by atoms with Crippen LogP contribution >= 0.6 is 0 Å². The maximum absolute atomic E-state index is 14.7. The standard InChI is InChI=1S/C57H66N2O4.2C2H6/c1-38(62-53-29-17-15-27-47(53)50-35-58-34-49(56(50)60)44-24-9-5-3-4-7-19-40-20-11-12-22-41(44)32-40)31-39(2)63-54-30-18-16-28-48(54)51-36-59-37-52(57(51)61)55-45-25-10-6-8-21-42(45)33-43-23-13-14-26-46(43)55;2*1-2/h15-19,27-30,33-39H,3-14,20-26,31-32H2,1-2H3,(H,58,60)(H,59,61);2*1-2H3/b40-19-,44-41+;;/t38-,39?;;/m1../s1. The zero-order valence-electron chi connectivity index (χ0n) is 41.7. The third kappa shape index (κ3) is 11.9. The van der Waals surface area contributed by atoms with Crippen LogP contribution in [0.15, 0.2) is 106 Å². The third-order valence-corrected chi connectivity index (χ3v) is 14.3. The zero-order valence-corrected chi connectivity index (χ0v) is 41.7. The van der Waals surface area contributed by atoms with Crippen LogP contribution in [0.1, 0.15) is 179 Å². The molecule has 5 aromatic rings. The molecule has 356 valence electrons. The van der Waals surface area contributed by atoms with Crippen LogP contribution in [0.25, 0.3) is 39.0 Å². The van der Waals surface area contributed by atoms with Gasteiger partial charge in [0, 0.05) is 64.6 Å². The van der Waals surface area contributed by atoms with Gasteiger partial charge >= 0.3 is 0 Å². The Morgan fingerprint density at radius 2 is 0.985 bits per heavy atom. The molecular formula is C61H78N2O4. The van der Waals surface area contributed by atoms with E-state index in [0.29, 0.717) is 29.0 Å². The van der Waals surface area contributed by atoms with E-state index in [0.717, 1.165) is 73.6 Å². The van der Waals surface area contributed by atoms with Crippen molar-refractivity contribution >= 4 is 5.57 Å². The second-order valence-corrected chi connectivity index (χ2v) is 18.9. The van der Waals surface area contributed by atoms with Crippen LogP contribution < -0.4 is 20.3 Å². The summed E-state index contributed by atoms with van der Waals surface area (Å²) in [5.41, 5.74) is 15.7. The third-order valence-electron chi connectivity index (χ3n) is 14.3. The molecule has 0 radical (unpaired) electrons. The second kappa shape index (κ2) is 24.6. The molecule has 4 aliphatic rings.